The summed E-state index contributed by atoms with van der Waals surface area (Å²) in [7, 11) is 0. The molecule has 0 spiro atoms. The maximum atomic E-state index is 10.8. The minimum atomic E-state index is -0.439. The molecule has 2 nitrogen and oxygen atoms in total. The van der Waals surface area contributed by atoms with Gasteiger partial charge >= 0.3 is 0 Å². The van der Waals surface area contributed by atoms with Crippen molar-refractivity contribution in [1.82, 2.24) is 0 Å². The summed E-state index contributed by atoms with van der Waals surface area (Å²) in [5, 5.41) is 0. The molecule has 0 saturated carbocycles. The first kappa shape index (κ1) is 11.2. The average Bonchev–Trinajstić information content (AvgIpc) is 2.19. The lowest BCUT2D eigenvalue weighted by Gasteiger charge is -2.31. The fraction of sp³-hybridized carbons (Fsp3) is 0.583. The van der Waals surface area contributed by atoms with E-state index >= 15 is 0 Å². The molecule has 0 aromatic rings. The van der Waals surface area contributed by atoms with Gasteiger partial charge in [-0.15, -0.1) is 0 Å². The molecule has 2 N–H and O–H groups in total. The van der Waals surface area contributed by atoms with Gasteiger partial charge in [0, 0.05) is 5.54 Å². The topological polar surface area (TPSA) is 43.1 Å². The molecular weight excluding hydrogens is 174 g/mol. The number of rotatable bonds is 5. The third-order valence-electron chi connectivity index (χ3n) is 2.82. The van der Waals surface area contributed by atoms with E-state index in [0.717, 1.165) is 19.1 Å². The quantitative estimate of drug-likeness (QED) is 0.537. The zero-order valence-electron chi connectivity index (χ0n) is 8.78. The van der Waals surface area contributed by atoms with E-state index in [4.69, 9.17) is 5.73 Å². The molecule has 78 valence electrons. The number of aldehydes is 1. The fourth-order valence-corrected chi connectivity index (χ4v) is 1.81. The van der Waals surface area contributed by atoms with Crippen LogP contribution < -0.4 is 5.73 Å². The standard InChI is InChI=1S/C12H19NO/c1-2-3-5-8-12(13)9-6-4-7-11(12)10-14/h4,6-7,9-11H,2-3,5,8,13H2,1H3. The van der Waals surface area contributed by atoms with Crippen molar-refractivity contribution in [3.63, 3.8) is 0 Å². The Morgan fingerprint density at radius 3 is 2.86 bits per heavy atom. The number of unbranched alkanes of at least 4 members (excludes halogenated alkanes) is 2. The second-order valence-corrected chi connectivity index (χ2v) is 3.98. The molecule has 0 aliphatic heterocycles. The van der Waals surface area contributed by atoms with Gasteiger partial charge in [-0.05, 0) is 6.42 Å². The third-order valence-corrected chi connectivity index (χ3v) is 2.82. The molecule has 0 radical (unpaired) electrons. The van der Waals surface area contributed by atoms with Crippen LogP contribution in [0.3, 0.4) is 0 Å². The van der Waals surface area contributed by atoms with Gasteiger partial charge in [0.25, 0.3) is 0 Å². The van der Waals surface area contributed by atoms with E-state index in [1.54, 1.807) is 0 Å². The summed E-state index contributed by atoms with van der Waals surface area (Å²) >= 11 is 0. The van der Waals surface area contributed by atoms with E-state index in [0.29, 0.717) is 0 Å². The number of hydrogen-bond acceptors (Lipinski definition) is 2. The Hall–Kier alpha value is -0.890. The van der Waals surface area contributed by atoms with E-state index in [9.17, 15) is 4.79 Å². The zero-order valence-corrected chi connectivity index (χ0v) is 8.78. The highest BCUT2D eigenvalue weighted by Crippen LogP contribution is 2.26. The Morgan fingerprint density at radius 2 is 2.21 bits per heavy atom. The smallest absolute Gasteiger partial charge is 0.129 e. The average molecular weight is 193 g/mol. The van der Waals surface area contributed by atoms with Gasteiger partial charge < -0.3 is 10.5 Å². The van der Waals surface area contributed by atoms with Gasteiger partial charge in [-0.25, -0.2) is 0 Å². The summed E-state index contributed by atoms with van der Waals surface area (Å²) in [6.45, 7) is 2.16. The molecule has 2 heteroatoms. The normalized spacial score (nSPS) is 30.6. The Bertz CT molecular complexity index is 245. The maximum absolute atomic E-state index is 10.8. The van der Waals surface area contributed by atoms with Crippen LogP contribution >= 0.6 is 0 Å². The van der Waals surface area contributed by atoms with Crippen LogP contribution in [0, 0.1) is 5.92 Å². The summed E-state index contributed by atoms with van der Waals surface area (Å²) in [6, 6.07) is 0. The molecule has 1 rings (SSSR count). The van der Waals surface area contributed by atoms with Crippen molar-refractivity contribution in [3.8, 4) is 0 Å². The summed E-state index contributed by atoms with van der Waals surface area (Å²) in [5.41, 5.74) is 5.75. The molecule has 0 bridgehead atoms. The van der Waals surface area contributed by atoms with Crippen molar-refractivity contribution in [2.24, 2.45) is 11.7 Å². The predicted octanol–water partition coefficient (Wildman–Crippen LogP) is 2.21. The largest absolute Gasteiger partial charge is 0.321 e. The SMILES string of the molecule is CCCCCC1(N)C=CC=CC1C=O. The zero-order chi connectivity index (χ0) is 10.4. The van der Waals surface area contributed by atoms with Gasteiger partial charge in [-0.3, -0.25) is 0 Å². The molecule has 14 heavy (non-hydrogen) atoms. The van der Waals surface area contributed by atoms with Crippen LogP contribution in [0.15, 0.2) is 24.3 Å². The van der Waals surface area contributed by atoms with Crippen molar-refractivity contribution >= 4 is 6.29 Å². The van der Waals surface area contributed by atoms with Crippen LogP contribution in [0.1, 0.15) is 32.6 Å². The summed E-state index contributed by atoms with van der Waals surface area (Å²) in [5.74, 6) is -0.149. The van der Waals surface area contributed by atoms with Crippen LogP contribution in [0.5, 0.6) is 0 Å². The van der Waals surface area contributed by atoms with Crippen molar-refractivity contribution in [3.05, 3.63) is 24.3 Å². The first-order chi connectivity index (χ1) is 6.73. The van der Waals surface area contributed by atoms with Crippen LogP contribution in [-0.2, 0) is 4.79 Å². The second-order valence-electron chi connectivity index (χ2n) is 3.98. The fourth-order valence-electron chi connectivity index (χ4n) is 1.81. The lowest BCUT2D eigenvalue weighted by Crippen LogP contribution is -2.46. The molecule has 2 atom stereocenters. The van der Waals surface area contributed by atoms with Crippen LogP contribution in [-0.4, -0.2) is 11.8 Å². The molecule has 0 heterocycles. The molecule has 2 unspecified atom stereocenters. The lowest BCUT2D eigenvalue weighted by molar-refractivity contribution is -0.111. The summed E-state index contributed by atoms with van der Waals surface area (Å²) in [6.07, 6.45) is 13.0. The number of allylic oxidation sites excluding steroid dienone is 2. The highest BCUT2D eigenvalue weighted by Gasteiger charge is 2.30. The van der Waals surface area contributed by atoms with Gasteiger partial charge in [0.1, 0.15) is 6.29 Å². The van der Waals surface area contributed by atoms with Crippen LogP contribution in [0.2, 0.25) is 0 Å². The molecular formula is C12H19NO. The van der Waals surface area contributed by atoms with Gasteiger partial charge in [0.15, 0.2) is 0 Å². The first-order valence-corrected chi connectivity index (χ1v) is 5.33. The van der Waals surface area contributed by atoms with E-state index < -0.39 is 5.54 Å². The maximum Gasteiger partial charge on any atom is 0.129 e. The van der Waals surface area contributed by atoms with Gasteiger partial charge in [0.2, 0.25) is 0 Å². The molecule has 0 aromatic carbocycles. The van der Waals surface area contributed by atoms with Crippen molar-refractivity contribution in [2.75, 3.05) is 0 Å². The molecule has 1 aliphatic rings. The van der Waals surface area contributed by atoms with Gasteiger partial charge in [0.05, 0.1) is 5.92 Å². The van der Waals surface area contributed by atoms with Crippen LogP contribution in [0.4, 0.5) is 0 Å². The van der Waals surface area contributed by atoms with E-state index in [1.807, 2.05) is 24.3 Å². The summed E-state index contributed by atoms with van der Waals surface area (Å²) < 4.78 is 0. The first-order valence-electron chi connectivity index (χ1n) is 5.33. The minimum absolute atomic E-state index is 0.149. The number of carbonyl (C=O) groups excluding carboxylic acids is 1. The number of carbonyl (C=O) groups is 1. The Morgan fingerprint density at radius 1 is 1.43 bits per heavy atom. The van der Waals surface area contributed by atoms with E-state index in [-0.39, 0.29) is 5.92 Å². The molecule has 0 amide bonds. The number of hydrogen-bond donors (Lipinski definition) is 1. The van der Waals surface area contributed by atoms with E-state index in [1.165, 1.54) is 12.8 Å². The van der Waals surface area contributed by atoms with Gasteiger partial charge in [-0.1, -0.05) is 50.5 Å². The van der Waals surface area contributed by atoms with Crippen molar-refractivity contribution in [1.29, 1.82) is 0 Å². The molecule has 0 aromatic heterocycles. The molecule has 0 fully saturated rings. The van der Waals surface area contributed by atoms with Crippen molar-refractivity contribution in [2.45, 2.75) is 38.1 Å². The monoisotopic (exact) mass is 193 g/mol. The minimum Gasteiger partial charge on any atom is -0.321 e. The Labute approximate surface area is 85.9 Å². The second kappa shape index (κ2) is 5.11. The van der Waals surface area contributed by atoms with Crippen molar-refractivity contribution < 1.29 is 4.79 Å². The van der Waals surface area contributed by atoms with Gasteiger partial charge in [-0.2, -0.15) is 0 Å². The number of nitrogens with two attached hydrogens (primary N) is 1. The Kier molecular flexibility index (Phi) is 4.08. The molecule has 0 saturated heterocycles. The predicted molar refractivity (Wildman–Crippen MR) is 58.9 cm³/mol. The highest BCUT2D eigenvalue weighted by atomic mass is 16.1. The van der Waals surface area contributed by atoms with Crippen LogP contribution in [0.25, 0.3) is 0 Å². The van der Waals surface area contributed by atoms with E-state index in [2.05, 4.69) is 6.92 Å². The third kappa shape index (κ3) is 2.55. The molecule has 1 aliphatic carbocycles. The highest BCUT2D eigenvalue weighted by molar-refractivity contribution is 5.61. The summed E-state index contributed by atoms with van der Waals surface area (Å²) in [4.78, 5) is 10.8. The Balaban J connectivity index is 2.56. The lowest BCUT2D eigenvalue weighted by atomic mass is 9.78.